The van der Waals surface area contributed by atoms with Crippen LogP contribution in [0.2, 0.25) is 0 Å². The second-order valence-electron chi connectivity index (χ2n) is 3.90. The number of benzene rings is 1. The fraction of sp³-hybridized carbons (Fsp3) is 0.214. The predicted molar refractivity (Wildman–Crippen MR) is 64.8 cm³/mol. The molecule has 101 valence electrons. The van der Waals surface area contributed by atoms with Crippen LogP contribution in [0.5, 0.6) is 11.5 Å². The zero-order chi connectivity index (χ0) is 13.9. The Morgan fingerprint density at radius 3 is 2.58 bits per heavy atom. The second kappa shape index (κ2) is 5.38. The minimum atomic E-state index is -4.49. The van der Waals surface area contributed by atoms with Gasteiger partial charge in [-0.1, -0.05) is 6.08 Å². The molecular weight excluding hydrogens is 257 g/mol. The molecule has 0 fully saturated rings. The zero-order valence-electron chi connectivity index (χ0n) is 10.2. The number of hydrogen-bond acceptors (Lipinski definition) is 2. The average molecular weight is 269 g/mol. The van der Waals surface area contributed by atoms with E-state index in [2.05, 4.69) is 0 Å². The molecule has 19 heavy (non-hydrogen) atoms. The van der Waals surface area contributed by atoms with Gasteiger partial charge in [0.1, 0.15) is 22.8 Å². The van der Waals surface area contributed by atoms with Gasteiger partial charge in [-0.3, -0.25) is 0 Å². The Bertz CT molecular complexity index is 516. The van der Waals surface area contributed by atoms with Gasteiger partial charge in [-0.25, -0.2) is 0 Å². The molecule has 1 aliphatic rings. The van der Waals surface area contributed by atoms with Gasteiger partial charge >= 0.3 is 6.18 Å². The number of ether oxygens (including phenoxy) is 2. The first-order valence-electron chi connectivity index (χ1n) is 5.64. The molecule has 0 aromatic heterocycles. The van der Waals surface area contributed by atoms with Crippen molar-refractivity contribution >= 4 is 0 Å². The Morgan fingerprint density at radius 2 is 2.00 bits per heavy atom. The fourth-order valence-electron chi connectivity index (χ4n) is 1.64. The van der Waals surface area contributed by atoms with Gasteiger partial charge in [0.15, 0.2) is 0 Å². The first kappa shape index (κ1) is 13.5. The van der Waals surface area contributed by atoms with Gasteiger partial charge in [0.05, 0.1) is 7.11 Å². The second-order valence-corrected chi connectivity index (χ2v) is 3.90. The number of allylic oxidation sites excluding steroid dienone is 3. The number of methoxy groups -OCH3 is 1. The number of rotatable bonds is 3. The van der Waals surface area contributed by atoms with E-state index in [0.29, 0.717) is 12.2 Å². The van der Waals surface area contributed by atoms with E-state index >= 15 is 0 Å². The quantitative estimate of drug-likeness (QED) is 0.821. The van der Waals surface area contributed by atoms with Crippen molar-refractivity contribution in [1.82, 2.24) is 0 Å². The molecule has 0 saturated carbocycles. The van der Waals surface area contributed by atoms with E-state index in [1.54, 1.807) is 18.2 Å². The molecule has 2 rings (SSSR count). The summed E-state index contributed by atoms with van der Waals surface area (Å²) in [7, 11) is 1.32. The monoisotopic (exact) mass is 269 g/mol. The van der Waals surface area contributed by atoms with Crippen LogP contribution in [0.25, 0.3) is 0 Å². The Morgan fingerprint density at radius 1 is 1.21 bits per heavy atom. The highest BCUT2D eigenvalue weighted by molar-refractivity contribution is 5.43. The van der Waals surface area contributed by atoms with Crippen molar-refractivity contribution in [1.29, 1.82) is 0 Å². The summed E-state index contributed by atoms with van der Waals surface area (Å²) >= 11 is 0. The highest BCUT2D eigenvalue weighted by Gasteiger charge is 2.35. The normalized spacial score (nSPS) is 15.1. The molecule has 0 aliphatic heterocycles. The van der Waals surface area contributed by atoms with Crippen molar-refractivity contribution in [3.8, 4) is 11.5 Å². The van der Waals surface area contributed by atoms with Crippen LogP contribution >= 0.6 is 0 Å². The predicted octanol–water partition coefficient (Wildman–Crippen LogP) is 4.14. The molecule has 0 bridgehead atoms. The molecule has 1 aliphatic carbocycles. The van der Waals surface area contributed by atoms with Crippen molar-refractivity contribution < 1.29 is 22.6 Å². The summed E-state index contributed by atoms with van der Waals surface area (Å²) in [5.74, 6) is 0.311. The summed E-state index contributed by atoms with van der Waals surface area (Å²) in [6.07, 6.45) is 3.11. The van der Waals surface area contributed by atoms with Crippen molar-refractivity contribution in [2.24, 2.45) is 0 Å². The minimum Gasteiger partial charge on any atom is -0.497 e. The number of hydrogen-bond donors (Lipinski definition) is 0. The third-order valence-electron chi connectivity index (χ3n) is 2.57. The molecule has 1 aromatic carbocycles. The summed E-state index contributed by atoms with van der Waals surface area (Å²) in [5, 5.41) is 0. The van der Waals surface area contributed by atoms with Crippen LogP contribution in [0, 0.1) is 6.42 Å². The lowest BCUT2D eigenvalue weighted by atomic mass is 10.1. The van der Waals surface area contributed by atoms with Crippen molar-refractivity contribution in [3.05, 3.63) is 54.2 Å². The Labute approximate surface area is 109 Å². The lowest BCUT2D eigenvalue weighted by Crippen LogP contribution is -2.09. The zero-order valence-corrected chi connectivity index (χ0v) is 10.2. The standard InChI is InChI=1S/C14H12F3O2/c1-18-11-7-8-13(12(9-11)14(15,16)17)19-10-5-3-2-4-6-10/h2-3,5-9H,4H2,1H3. The molecule has 0 N–H and O–H groups in total. The van der Waals surface area contributed by atoms with Gasteiger partial charge in [-0.05, 0) is 43.2 Å². The Hall–Kier alpha value is -1.91. The first-order chi connectivity index (χ1) is 9.00. The molecule has 1 radical (unpaired) electrons. The third kappa shape index (κ3) is 3.30. The van der Waals surface area contributed by atoms with Crippen LogP contribution in [0.1, 0.15) is 12.0 Å². The third-order valence-corrected chi connectivity index (χ3v) is 2.57. The summed E-state index contributed by atoms with van der Waals surface area (Å²) in [4.78, 5) is 0. The molecule has 2 nitrogen and oxygen atoms in total. The van der Waals surface area contributed by atoms with Gasteiger partial charge in [0.2, 0.25) is 0 Å². The van der Waals surface area contributed by atoms with Crippen LogP contribution in [0.4, 0.5) is 13.2 Å². The van der Waals surface area contributed by atoms with Crippen LogP contribution in [0.15, 0.2) is 42.2 Å². The molecule has 1 aromatic rings. The Balaban J connectivity index is 2.33. The van der Waals surface area contributed by atoms with E-state index in [0.717, 1.165) is 6.07 Å². The van der Waals surface area contributed by atoms with E-state index < -0.39 is 11.7 Å². The maximum absolute atomic E-state index is 12.9. The smallest absolute Gasteiger partial charge is 0.420 e. The topological polar surface area (TPSA) is 18.5 Å². The van der Waals surface area contributed by atoms with Crippen molar-refractivity contribution in [2.75, 3.05) is 7.11 Å². The van der Waals surface area contributed by atoms with E-state index in [-0.39, 0.29) is 11.5 Å². The summed E-state index contributed by atoms with van der Waals surface area (Å²) in [6.45, 7) is 0. The summed E-state index contributed by atoms with van der Waals surface area (Å²) in [6, 6.07) is 3.62. The molecule has 0 saturated heterocycles. The summed E-state index contributed by atoms with van der Waals surface area (Å²) in [5.41, 5.74) is -0.851. The first-order valence-corrected chi connectivity index (χ1v) is 5.64. The number of halogens is 3. The van der Waals surface area contributed by atoms with Crippen molar-refractivity contribution in [3.63, 3.8) is 0 Å². The fourth-order valence-corrected chi connectivity index (χ4v) is 1.64. The van der Waals surface area contributed by atoms with Gasteiger partial charge in [-0.15, -0.1) is 0 Å². The highest BCUT2D eigenvalue weighted by atomic mass is 19.4. The van der Waals surface area contributed by atoms with Gasteiger partial charge in [-0.2, -0.15) is 13.2 Å². The minimum absolute atomic E-state index is 0.140. The SMILES string of the molecule is COc1ccc(OC2=CC[CH]C=C2)c(C(F)(F)F)c1. The number of alkyl halides is 3. The van der Waals surface area contributed by atoms with E-state index in [1.165, 1.54) is 19.2 Å². The van der Waals surface area contributed by atoms with Gasteiger partial charge < -0.3 is 9.47 Å². The highest BCUT2D eigenvalue weighted by Crippen LogP contribution is 2.39. The van der Waals surface area contributed by atoms with E-state index in [9.17, 15) is 13.2 Å². The largest absolute Gasteiger partial charge is 0.497 e. The molecule has 0 unspecified atom stereocenters. The Kier molecular flexibility index (Phi) is 3.83. The maximum atomic E-state index is 12.9. The van der Waals surface area contributed by atoms with Crippen LogP contribution in [0.3, 0.4) is 0 Å². The van der Waals surface area contributed by atoms with Gasteiger partial charge in [0, 0.05) is 0 Å². The van der Waals surface area contributed by atoms with E-state index in [4.69, 9.17) is 9.47 Å². The van der Waals surface area contributed by atoms with Gasteiger partial charge in [0.25, 0.3) is 0 Å². The van der Waals surface area contributed by atoms with E-state index in [1.807, 2.05) is 6.42 Å². The molecule has 0 spiro atoms. The van der Waals surface area contributed by atoms with Crippen LogP contribution in [-0.4, -0.2) is 7.11 Å². The van der Waals surface area contributed by atoms with Crippen LogP contribution < -0.4 is 9.47 Å². The van der Waals surface area contributed by atoms with Crippen molar-refractivity contribution in [2.45, 2.75) is 12.6 Å². The molecule has 0 amide bonds. The molecule has 0 atom stereocenters. The molecule has 0 heterocycles. The molecular formula is C14H12F3O2. The molecule has 5 heteroatoms. The maximum Gasteiger partial charge on any atom is 0.420 e. The lowest BCUT2D eigenvalue weighted by Gasteiger charge is -2.16. The summed E-state index contributed by atoms with van der Waals surface area (Å²) < 4.78 is 48.9. The average Bonchev–Trinajstić information content (AvgIpc) is 2.39. The van der Waals surface area contributed by atoms with Crippen LogP contribution in [-0.2, 0) is 6.18 Å². The lowest BCUT2D eigenvalue weighted by molar-refractivity contribution is -0.138.